The molecule has 1 heterocycles. The predicted molar refractivity (Wildman–Crippen MR) is 104 cm³/mol. The fourth-order valence-corrected chi connectivity index (χ4v) is 4.40. The Morgan fingerprint density at radius 2 is 1.74 bits per heavy atom. The Morgan fingerprint density at radius 1 is 1.07 bits per heavy atom. The van der Waals surface area contributed by atoms with Gasteiger partial charge in [-0.3, -0.25) is 9.59 Å². The second kappa shape index (κ2) is 7.41. The number of hydrogen-bond acceptors (Lipinski definition) is 4. The Bertz CT molecular complexity index is 702. The fraction of sp³-hybridized carbons (Fsp3) is 0.619. The SMILES string of the molecule is COc1ccccc1N1CCN(C(=O)C2(C(=O)NC3CCCC3)CC2)CC1. The summed E-state index contributed by atoms with van der Waals surface area (Å²) in [6, 6.07) is 8.24. The van der Waals surface area contributed by atoms with Crippen molar-refractivity contribution < 1.29 is 14.3 Å². The second-order valence-electron chi connectivity index (χ2n) is 7.99. The van der Waals surface area contributed by atoms with Crippen LogP contribution in [0.15, 0.2) is 24.3 Å². The first-order chi connectivity index (χ1) is 13.1. The summed E-state index contributed by atoms with van der Waals surface area (Å²) in [4.78, 5) is 30.0. The predicted octanol–water partition coefficient (Wildman–Crippen LogP) is 2.18. The number of carbonyl (C=O) groups is 2. The number of ether oxygens (including phenoxy) is 1. The van der Waals surface area contributed by atoms with Crippen LogP contribution in [0.4, 0.5) is 5.69 Å². The number of piperazine rings is 1. The molecule has 1 saturated heterocycles. The summed E-state index contributed by atoms with van der Waals surface area (Å²) in [5.74, 6) is 0.844. The zero-order valence-corrected chi connectivity index (χ0v) is 16.1. The summed E-state index contributed by atoms with van der Waals surface area (Å²) in [5.41, 5.74) is 0.280. The van der Waals surface area contributed by atoms with Gasteiger partial charge in [0.2, 0.25) is 11.8 Å². The van der Waals surface area contributed by atoms with Crippen molar-refractivity contribution in [2.24, 2.45) is 5.41 Å². The lowest BCUT2D eigenvalue weighted by atomic mass is 10.0. The first-order valence-corrected chi connectivity index (χ1v) is 10.1. The highest BCUT2D eigenvalue weighted by Gasteiger charge is 2.58. The van der Waals surface area contributed by atoms with Crippen LogP contribution in [0.5, 0.6) is 5.75 Å². The van der Waals surface area contributed by atoms with E-state index in [1.807, 2.05) is 29.2 Å². The van der Waals surface area contributed by atoms with Crippen LogP contribution < -0.4 is 15.0 Å². The molecule has 6 nitrogen and oxygen atoms in total. The molecule has 6 heteroatoms. The van der Waals surface area contributed by atoms with Crippen LogP contribution in [0, 0.1) is 5.41 Å². The average Bonchev–Trinajstić information content (AvgIpc) is 3.38. The molecule has 0 spiro atoms. The Hall–Kier alpha value is -2.24. The molecule has 2 saturated carbocycles. The van der Waals surface area contributed by atoms with E-state index in [2.05, 4.69) is 10.2 Å². The topological polar surface area (TPSA) is 61.9 Å². The molecule has 1 aromatic carbocycles. The molecule has 146 valence electrons. The second-order valence-corrected chi connectivity index (χ2v) is 7.99. The highest BCUT2D eigenvalue weighted by Crippen LogP contribution is 2.48. The van der Waals surface area contributed by atoms with Crippen molar-refractivity contribution in [3.63, 3.8) is 0 Å². The normalized spacial score (nSPS) is 21.8. The first kappa shape index (κ1) is 18.1. The summed E-state index contributed by atoms with van der Waals surface area (Å²) in [7, 11) is 1.68. The lowest BCUT2D eigenvalue weighted by Crippen LogP contribution is -2.54. The molecule has 0 atom stereocenters. The van der Waals surface area contributed by atoms with E-state index in [1.54, 1.807) is 7.11 Å². The highest BCUT2D eigenvalue weighted by atomic mass is 16.5. The number of anilines is 1. The molecule has 2 amide bonds. The van der Waals surface area contributed by atoms with Gasteiger partial charge in [0.15, 0.2) is 0 Å². The molecule has 0 radical (unpaired) electrons. The molecule has 1 N–H and O–H groups in total. The number of carbonyl (C=O) groups excluding carboxylic acids is 2. The van der Waals surface area contributed by atoms with Gasteiger partial charge in [0.25, 0.3) is 0 Å². The van der Waals surface area contributed by atoms with Crippen molar-refractivity contribution in [3.05, 3.63) is 24.3 Å². The molecule has 2 aliphatic carbocycles. The number of nitrogens with one attached hydrogen (secondary N) is 1. The maximum Gasteiger partial charge on any atom is 0.238 e. The summed E-state index contributed by atoms with van der Waals surface area (Å²) in [6.45, 7) is 2.81. The Balaban J connectivity index is 1.36. The van der Waals surface area contributed by atoms with Crippen LogP contribution in [-0.2, 0) is 9.59 Å². The number of amides is 2. The van der Waals surface area contributed by atoms with Gasteiger partial charge < -0.3 is 19.9 Å². The van der Waals surface area contributed by atoms with Crippen LogP contribution in [0.3, 0.4) is 0 Å². The Labute approximate surface area is 160 Å². The van der Waals surface area contributed by atoms with Crippen molar-refractivity contribution in [1.82, 2.24) is 10.2 Å². The maximum atomic E-state index is 13.1. The zero-order chi connectivity index (χ0) is 18.9. The largest absolute Gasteiger partial charge is 0.495 e. The summed E-state index contributed by atoms with van der Waals surface area (Å²) in [5, 5.41) is 3.14. The van der Waals surface area contributed by atoms with E-state index < -0.39 is 5.41 Å². The Kier molecular flexibility index (Phi) is 4.98. The minimum absolute atomic E-state index is 0.0256. The van der Waals surface area contributed by atoms with Crippen molar-refractivity contribution >= 4 is 17.5 Å². The number of para-hydroxylation sites is 2. The molecule has 3 aliphatic rings. The third kappa shape index (κ3) is 3.49. The van der Waals surface area contributed by atoms with Crippen molar-refractivity contribution in [1.29, 1.82) is 0 Å². The number of hydrogen-bond donors (Lipinski definition) is 1. The van der Waals surface area contributed by atoms with Crippen LogP contribution in [-0.4, -0.2) is 56.0 Å². The summed E-state index contributed by atoms with van der Waals surface area (Å²) >= 11 is 0. The molecule has 1 aromatic rings. The van der Waals surface area contributed by atoms with E-state index >= 15 is 0 Å². The minimum Gasteiger partial charge on any atom is -0.495 e. The number of methoxy groups -OCH3 is 1. The summed E-state index contributed by atoms with van der Waals surface area (Å²) in [6.07, 6.45) is 5.84. The van der Waals surface area contributed by atoms with Crippen molar-refractivity contribution in [3.8, 4) is 5.75 Å². The zero-order valence-electron chi connectivity index (χ0n) is 16.1. The standard InChI is InChI=1S/C21H29N3O3/c1-27-18-9-5-4-8-17(18)23-12-14-24(15-13-23)20(26)21(10-11-21)19(25)22-16-6-2-3-7-16/h4-5,8-9,16H,2-3,6-7,10-15H2,1H3,(H,22,25). The van der Waals surface area contributed by atoms with E-state index in [0.717, 1.165) is 37.4 Å². The molecular formula is C21H29N3O3. The number of benzene rings is 1. The van der Waals surface area contributed by atoms with Crippen molar-refractivity contribution in [2.75, 3.05) is 38.2 Å². The average molecular weight is 371 g/mol. The third-order valence-electron chi connectivity index (χ3n) is 6.28. The summed E-state index contributed by atoms with van der Waals surface area (Å²) < 4.78 is 5.46. The molecule has 1 aliphatic heterocycles. The van der Waals surface area contributed by atoms with E-state index in [-0.39, 0.29) is 17.9 Å². The van der Waals surface area contributed by atoms with Crippen LogP contribution in [0.2, 0.25) is 0 Å². The van der Waals surface area contributed by atoms with Gasteiger partial charge >= 0.3 is 0 Å². The van der Waals surface area contributed by atoms with E-state index in [0.29, 0.717) is 25.9 Å². The fourth-order valence-electron chi connectivity index (χ4n) is 4.40. The van der Waals surface area contributed by atoms with Gasteiger partial charge in [-0.05, 0) is 37.8 Å². The molecule has 3 fully saturated rings. The van der Waals surface area contributed by atoms with E-state index in [1.165, 1.54) is 12.8 Å². The number of nitrogens with zero attached hydrogens (tertiary/aromatic N) is 2. The quantitative estimate of drug-likeness (QED) is 0.806. The molecule has 4 rings (SSSR count). The first-order valence-electron chi connectivity index (χ1n) is 10.1. The van der Waals surface area contributed by atoms with Gasteiger partial charge in [-0.25, -0.2) is 0 Å². The third-order valence-corrected chi connectivity index (χ3v) is 6.28. The Morgan fingerprint density at radius 3 is 2.37 bits per heavy atom. The van der Waals surface area contributed by atoms with Gasteiger partial charge in [0.05, 0.1) is 12.8 Å². The van der Waals surface area contributed by atoms with E-state index in [4.69, 9.17) is 4.74 Å². The minimum atomic E-state index is -0.783. The smallest absolute Gasteiger partial charge is 0.238 e. The molecule has 0 aromatic heterocycles. The lowest BCUT2D eigenvalue weighted by Gasteiger charge is -2.38. The molecule has 0 unspecified atom stereocenters. The van der Waals surface area contributed by atoms with Crippen LogP contribution >= 0.6 is 0 Å². The maximum absolute atomic E-state index is 13.1. The van der Waals surface area contributed by atoms with Crippen molar-refractivity contribution in [2.45, 2.75) is 44.6 Å². The van der Waals surface area contributed by atoms with E-state index in [9.17, 15) is 9.59 Å². The monoisotopic (exact) mass is 371 g/mol. The highest BCUT2D eigenvalue weighted by molar-refractivity contribution is 6.08. The van der Waals surface area contributed by atoms with Gasteiger partial charge in [-0.1, -0.05) is 25.0 Å². The van der Waals surface area contributed by atoms with Gasteiger partial charge in [0, 0.05) is 32.2 Å². The molecular weight excluding hydrogens is 342 g/mol. The molecule has 27 heavy (non-hydrogen) atoms. The molecule has 0 bridgehead atoms. The van der Waals surface area contributed by atoms with Crippen LogP contribution in [0.1, 0.15) is 38.5 Å². The lowest BCUT2D eigenvalue weighted by molar-refractivity contribution is -0.144. The van der Waals surface area contributed by atoms with Gasteiger partial charge in [0.1, 0.15) is 11.2 Å². The van der Waals surface area contributed by atoms with Gasteiger partial charge in [-0.2, -0.15) is 0 Å². The van der Waals surface area contributed by atoms with Crippen LogP contribution in [0.25, 0.3) is 0 Å². The number of rotatable bonds is 5. The van der Waals surface area contributed by atoms with Gasteiger partial charge in [-0.15, -0.1) is 0 Å².